The van der Waals surface area contributed by atoms with Gasteiger partial charge in [-0.2, -0.15) is 0 Å². The maximum Gasteiger partial charge on any atom is 0.329 e. The van der Waals surface area contributed by atoms with Crippen molar-refractivity contribution in [2.24, 2.45) is 0 Å². The molecule has 2 aromatic rings. The van der Waals surface area contributed by atoms with Gasteiger partial charge in [-0.25, -0.2) is 9.59 Å². The molecule has 0 unspecified atom stereocenters. The van der Waals surface area contributed by atoms with Gasteiger partial charge in [0.1, 0.15) is 0 Å². The molecular weight excluding hydrogens is 472 g/mol. The molecular formula is C32H42N4O2. The lowest BCUT2D eigenvalue weighted by atomic mass is 10.1. The molecule has 6 heteroatoms. The molecule has 0 aliphatic carbocycles. The molecule has 0 saturated carbocycles. The molecule has 2 saturated heterocycles. The summed E-state index contributed by atoms with van der Waals surface area (Å²) in [5, 5.41) is 0. The number of likely N-dealkylation sites (tertiary alicyclic amines) is 1. The fourth-order valence-corrected chi connectivity index (χ4v) is 6.27. The van der Waals surface area contributed by atoms with E-state index in [0.717, 1.165) is 87.0 Å². The molecule has 6 nitrogen and oxygen atoms in total. The van der Waals surface area contributed by atoms with Crippen molar-refractivity contribution < 1.29 is 9.59 Å². The average Bonchev–Trinajstić information content (AvgIpc) is 3.10. The number of amides is 4. The third-order valence-corrected chi connectivity index (χ3v) is 8.30. The van der Waals surface area contributed by atoms with Crippen molar-refractivity contribution in [2.45, 2.75) is 77.3 Å². The summed E-state index contributed by atoms with van der Waals surface area (Å²) < 4.78 is 0. The molecule has 5 rings (SSSR count). The lowest BCUT2D eigenvalue weighted by molar-refractivity contribution is 0.0868. The summed E-state index contributed by atoms with van der Waals surface area (Å²) in [6.07, 6.45) is 12.8. The molecule has 4 amide bonds. The van der Waals surface area contributed by atoms with E-state index in [4.69, 9.17) is 0 Å². The zero-order valence-corrected chi connectivity index (χ0v) is 23.0. The highest BCUT2D eigenvalue weighted by molar-refractivity contribution is 6.06. The van der Waals surface area contributed by atoms with Gasteiger partial charge in [-0.1, -0.05) is 88.1 Å². The molecule has 0 radical (unpaired) electrons. The van der Waals surface area contributed by atoms with E-state index in [0.29, 0.717) is 13.1 Å². The first-order valence-electron chi connectivity index (χ1n) is 14.6. The van der Waals surface area contributed by atoms with Crippen molar-refractivity contribution in [3.8, 4) is 0 Å². The fourth-order valence-electron chi connectivity index (χ4n) is 6.27. The van der Waals surface area contributed by atoms with Crippen molar-refractivity contribution in [3.63, 3.8) is 0 Å². The van der Waals surface area contributed by atoms with Crippen LogP contribution in [0.5, 0.6) is 0 Å². The number of hydrogen-bond donors (Lipinski definition) is 0. The minimum absolute atomic E-state index is 0.0240. The summed E-state index contributed by atoms with van der Waals surface area (Å²) in [4.78, 5) is 36.1. The van der Waals surface area contributed by atoms with E-state index in [-0.39, 0.29) is 24.1 Å². The number of carbonyl (C=O) groups excluding carboxylic acids is 2. The van der Waals surface area contributed by atoms with E-state index in [1.54, 1.807) is 0 Å². The summed E-state index contributed by atoms with van der Waals surface area (Å²) in [6, 6.07) is 16.5. The minimum atomic E-state index is 0.0240. The second-order valence-corrected chi connectivity index (χ2v) is 11.0. The number of para-hydroxylation sites is 2. The van der Waals surface area contributed by atoms with Crippen LogP contribution in [0.4, 0.5) is 21.0 Å². The van der Waals surface area contributed by atoms with Gasteiger partial charge in [0, 0.05) is 26.2 Å². The quantitative estimate of drug-likeness (QED) is 0.345. The van der Waals surface area contributed by atoms with E-state index in [9.17, 15) is 9.59 Å². The zero-order valence-electron chi connectivity index (χ0n) is 23.0. The summed E-state index contributed by atoms with van der Waals surface area (Å²) in [5.41, 5.74) is 3.89. The van der Waals surface area contributed by atoms with E-state index < -0.39 is 0 Å². The first-order chi connectivity index (χ1) is 18.6. The second-order valence-electron chi connectivity index (χ2n) is 11.0. The molecule has 2 aromatic carbocycles. The molecule has 2 atom stereocenters. The number of fused-ring (bicyclic) bond motifs is 4. The van der Waals surface area contributed by atoms with Crippen LogP contribution in [0, 0.1) is 0 Å². The molecule has 202 valence electrons. The predicted octanol–water partition coefficient (Wildman–Crippen LogP) is 7.38. The van der Waals surface area contributed by atoms with Gasteiger partial charge in [0.15, 0.2) is 0 Å². The smallest absolute Gasteiger partial charge is 0.325 e. The highest BCUT2D eigenvalue weighted by Gasteiger charge is 2.46. The summed E-state index contributed by atoms with van der Waals surface area (Å²) in [6.45, 7) is 7.31. The number of nitrogens with zero attached hydrogens (tertiary/aromatic N) is 4. The maximum absolute atomic E-state index is 14.4. The number of benzene rings is 2. The van der Waals surface area contributed by atoms with Crippen LogP contribution in [0.3, 0.4) is 0 Å². The Morgan fingerprint density at radius 1 is 0.763 bits per heavy atom. The Hall–Kier alpha value is -3.28. The molecule has 3 aliphatic rings. The normalized spacial score (nSPS) is 19.7. The number of anilines is 2. The molecule has 0 N–H and O–H groups in total. The Labute approximate surface area is 227 Å². The lowest BCUT2D eigenvalue weighted by Gasteiger charge is -2.44. The van der Waals surface area contributed by atoms with Crippen LogP contribution in [-0.4, -0.2) is 65.0 Å². The average molecular weight is 515 g/mol. The van der Waals surface area contributed by atoms with E-state index in [1.165, 1.54) is 0 Å². The molecule has 3 aliphatic heterocycles. The van der Waals surface area contributed by atoms with Crippen LogP contribution in [0.15, 0.2) is 48.5 Å². The van der Waals surface area contributed by atoms with Gasteiger partial charge in [0.05, 0.1) is 23.5 Å². The van der Waals surface area contributed by atoms with Gasteiger partial charge in [0.2, 0.25) is 0 Å². The molecule has 38 heavy (non-hydrogen) atoms. The van der Waals surface area contributed by atoms with Crippen molar-refractivity contribution >= 4 is 35.6 Å². The second kappa shape index (κ2) is 12.1. The number of hydrogen-bond acceptors (Lipinski definition) is 2. The van der Waals surface area contributed by atoms with Crippen molar-refractivity contribution in [1.29, 1.82) is 0 Å². The molecule has 0 aromatic heterocycles. The number of piperazine rings is 1. The minimum Gasteiger partial charge on any atom is -0.325 e. The van der Waals surface area contributed by atoms with E-state index in [1.807, 2.05) is 46.2 Å². The van der Waals surface area contributed by atoms with Crippen molar-refractivity contribution in [2.75, 3.05) is 31.1 Å². The van der Waals surface area contributed by atoms with Gasteiger partial charge in [-0.3, -0.25) is 4.90 Å². The Kier molecular flexibility index (Phi) is 8.35. The van der Waals surface area contributed by atoms with Crippen molar-refractivity contribution in [3.05, 3.63) is 59.7 Å². The topological polar surface area (TPSA) is 47.1 Å². The standard InChI is InChI=1S/C32H42N4O2/c1-3-5-11-21-33(22-12-6-4-2)31(37)34-23-27-19-20-28(24-34)35(27)32(38)36-29-15-9-7-13-25(29)17-18-26-14-8-10-16-30(26)36/h7-10,13-18,27-28H,3-6,11-12,19-24H2,1-2H3/t27-,28+. The number of unbranched alkanes of at least 4 members (excludes halogenated alkanes) is 4. The third-order valence-electron chi connectivity index (χ3n) is 8.30. The SMILES string of the molecule is CCCCCN(CCCCC)C(=O)N1C[C@H]2CC[C@@H](C1)N2C(=O)N1c2ccccc2C=Cc2ccccc21. The van der Waals surface area contributed by atoms with Gasteiger partial charge in [-0.05, 0) is 48.9 Å². The van der Waals surface area contributed by atoms with Gasteiger partial charge < -0.3 is 14.7 Å². The number of rotatable bonds is 8. The van der Waals surface area contributed by atoms with Crippen LogP contribution < -0.4 is 4.90 Å². The number of carbonyl (C=O) groups is 2. The van der Waals surface area contributed by atoms with Crippen LogP contribution in [0.1, 0.15) is 76.3 Å². The zero-order chi connectivity index (χ0) is 26.5. The first kappa shape index (κ1) is 26.3. The molecule has 2 fully saturated rings. The van der Waals surface area contributed by atoms with Gasteiger partial charge >= 0.3 is 12.1 Å². The largest absolute Gasteiger partial charge is 0.329 e. The van der Waals surface area contributed by atoms with Crippen LogP contribution in [-0.2, 0) is 0 Å². The van der Waals surface area contributed by atoms with Gasteiger partial charge in [0.25, 0.3) is 0 Å². The van der Waals surface area contributed by atoms with E-state index in [2.05, 4.69) is 47.9 Å². The number of urea groups is 2. The highest BCUT2D eigenvalue weighted by Crippen LogP contribution is 2.40. The fraction of sp³-hybridized carbons (Fsp3) is 0.500. The van der Waals surface area contributed by atoms with Gasteiger partial charge in [-0.15, -0.1) is 0 Å². The molecule has 3 heterocycles. The lowest BCUT2D eigenvalue weighted by Crippen LogP contribution is -2.61. The molecule has 0 spiro atoms. The predicted molar refractivity (Wildman–Crippen MR) is 156 cm³/mol. The summed E-state index contributed by atoms with van der Waals surface area (Å²) >= 11 is 0. The monoisotopic (exact) mass is 514 g/mol. The third kappa shape index (κ3) is 5.31. The maximum atomic E-state index is 14.4. The Balaban J connectivity index is 1.35. The Morgan fingerprint density at radius 2 is 1.26 bits per heavy atom. The van der Waals surface area contributed by atoms with Crippen LogP contribution >= 0.6 is 0 Å². The van der Waals surface area contributed by atoms with Crippen LogP contribution in [0.2, 0.25) is 0 Å². The summed E-state index contributed by atoms with van der Waals surface area (Å²) in [7, 11) is 0. The summed E-state index contributed by atoms with van der Waals surface area (Å²) in [5.74, 6) is 0. The molecule has 2 bridgehead atoms. The van der Waals surface area contributed by atoms with Crippen LogP contribution in [0.25, 0.3) is 12.2 Å². The van der Waals surface area contributed by atoms with Crippen molar-refractivity contribution in [1.82, 2.24) is 14.7 Å². The van der Waals surface area contributed by atoms with E-state index >= 15 is 0 Å². The Morgan fingerprint density at radius 3 is 1.76 bits per heavy atom. The highest BCUT2D eigenvalue weighted by atomic mass is 16.2. The first-order valence-corrected chi connectivity index (χ1v) is 14.6. The Bertz CT molecular complexity index is 1090.